The first-order valence-corrected chi connectivity index (χ1v) is 5.04. The molecule has 0 aliphatic carbocycles. The van der Waals surface area contributed by atoms with Crippen LogP contribution in [0.1, 0.15) is 23.7 Å². The minimum atomic E-state index is -0.321. The van der Waals surface area contributed by atoms with Gasteiger partial charge in [-0.15, -0.1) is 0 Å². The second-order valence-electron chi connectivity index (χ2n) is 3.20. The van der Waals surface area contributed by atoms with Gasteiger partial charge in [0.1, 0.15) is 0 Å². The van der Waals surface area contributed by atoms with E-state index < -0.39 is 0 Å². The van der Waals surface area contributed by atoms with Gasteiger partial charge in [0.2, 0.25) is 0 Å². The Hall–Kier alpha value is -1.85. The monoisotopic (exact) mass is 225 g/mol. The van der Waals surface area contributed by atoms with E-state index in [1.807, 2.05) is 6.92 Å². The van der Waals surface area contributed by atoms with Crippen molar-refractivity contribution in [2.75, 3.05) is 20.2 Å². The molecule has 16 heavy (non-hydrogen) atoms. The fourth-order valence-corrected chi connectivity index (χ4v) is 1.28. The third-order valence-corrected chi connectivity index (χ3v) is 2.23. The Kier molecular flexibility index (Phi) is 4.50. The zero-order chi connectivity index (χ0) is 12.0. The van der Waals surface area contributed by atoms with Crippen LogP contribution in [-0.2, 0) is 9.53 Å². The number of ether oxygens (including phenoxy) is 1. The number of aromatic amines is 1. The van der Waals surface area contributed by atoms with Crippen LogP contribution in [0.5, 0.6) is 0 Å². The standard InChI is InChI=1S/C10H15N3O3/c1-3-13(5-4-9(14)16-2)10(15)8-6-11-12-7-8/h6-7H,3-5H2,1-2H3,(H,11,12). The van der Waals surface area contributed by atoms with Gasteiger partial charge in [0.25, 0.3) is 5.91 Å². The van der Waals surface area contributed by atoms with Crippen LogP contribution in [0.2, 0.25) is 0 Å². The first-order chi connectivity index (χ1) is 7.69. The first kappa shape index (κ1) is 12.2. The summed E-state index contributed by atoms with van der Waals surface area (Å²) in [6.45, 7) is 2.75. The Morgan fingerprint density at radius 3 is 2.81 bits per heavy atom. The summed E-state index contributed by atoms with van der Waals surface area (Å²) in [4.78, 5) is 24.4. The number of methoxy groups -OCH3 is 1. The molecule has 0 spiro atoms. The van der Waals surface area contributed by atoms with E-state index >= 15 is 0 Å². The maximum Gasteiger partial charge on any atom is 0.307 e. The summed E-state index contributed by atoms with van der Waals surface area (Å²) in [6, 6.07) is 0. The number of H-pyrrole nitrogens is 1. The number of carbonyl (C=O) groups is 2. The van der Waals surface area contributed by atoms with Crippen molar-refractivity contribution >= 4 is 11.9 Å². The van der Waals surface area contributed by atoms with E-state index in [9.17, 15) is 9.59 Å². The van der Waals surface area contributed by atoms with Gasteiger partial charge in [-0.3, -0.25) is 14.7 Å². The Bertz CT molecular complexity index is 348. The predicted molar refractivity (Wildman–Crippen MR) is 56.8 cm³/mol. The Balaban J connectivity index is 2.54. The lowest BCUT2D eigenvalue weighted by molar-refractivity contribution is -0.140. The van der Waals surface area contributed by atoms with E-state index in [2.05, 4.69) is 14.9 Å². The summed E-state index contributed by atoms with van der Waals surface area (Å²) in [7, 11) is 1.33. The van der Waals surface area contributed by atoms with Gasteiger partial charge in [0.05, 0.1) is 25.3 Å². The van der Waals surface area contributed by atoms with Gasteiger partial charge in [0, 0.05) is 19.3 Å². The van der Waals surface area contributed by atoms with Crippen molar-refractivity contribution in [2.24, 2.45) is 0 Å². The van der Waals surface area contributed by atoms with E-state index in [0.717, 1.165) is 0 Å². The zero-order valence-electron chi connectivity index (χ0n) is 9.40. The maximum atomic E-state index is 11.9. The lowest BCUT2D eigenvalue weighted by Crippen LogP contribution is -2.32. The minimum Gasteiger partial charge on any atom is -0.469 e. The number of nitrogens with one attached hydrogen (secondary N) is 1. The maximum absolute atomic E-state index is 11.9. The predicted octanol–water partition coefficient (Wildman–Crippen LogP) is 0.435. The number of carbonyl (C=O) groups excluding carboxylic acids is 2. The van der Waals surface area contributed by atoms with E-state index in [4.69, 9.17) is 0 Å². The molecule has 1 amide bonds. The molecule has 0 bridgehead atoms. The molecule has 0 atom stereocenters. The Morgan fingerprint density at radius 1 is 1.56 bits per heavy atom. The summed E-state index contributed by atoms with van der Waals surface area (Å²) >= 11 is 0. The largest absolute Gasteiger partial charge is 0.469 e. The Labute approximate surface area is 93.6 Å². The summed E-state index contributed by atoms with van der Waals surface area (Å²) in [5, 5.41) is 6.28. The van der Waals surface area contributed by atoms with E-state index in [1.165, 1.54) is 19.5 Å². The van der Waals surface area contributed by atoms with Crippen LogP contribution in [0.3, 0.4) is 0 Å². The van der Waals surface area contributed by atoms with Crippen molar-refractivity contribution in [1.29, 1.82) is 0 Å². The molecular weight excluding hydrogens is 210 g/mol. The normalized spacial score (nSPS) is 9.88. The van der Waals surface area contributed by atoms with Gasteiger partial charge in [-0.1, -0.05) is 0 Å². The fourth-order valence-electron chi connectivity index (χ4n) is 1.28. The molecule has 1 rings (SSSR count). The third-order valence-electron chi connectivity index (χ3n) is 2.23. The first-order valence-electron chi connectivity index (χ1n) is 5.04. The average Bonchev–Trinajstić information content (AvgIpc) is 2.82. The van der Waals surface area contributed by atoms with E-state index in [-0.39, 0.29) is 18.3 Å². The number of nitrogens with zero attached hydrogens (tertiary/aromatic N) is 2. The fraction of sp³-hybridized carbons (Fsp3) is 0.500. The molecule has 0 saturated heterocycles. The van der Waals surface area contributed by atoms with Crippen molar-refractivity contribution < 1.29 is 14.3 Å². The molecule has 6 heteroatoms. The van der Waals surface area contributed by atoms with Gasteiger partial charge in [-0.05, 0) is 6.92 Å². The molecule has 88 valence electrons. The SMILES string of the molecule is CCN(CCC(=O)OC)C(=O)c1cn[nH]c1. The molecule has 0 fully saturated rings. The van der Waals surface area contributed by atoms with Crippen molar-refractivity contribution in [2.45, 2.75) is 13.3 Å². The Morgan fingerprint density at radius 2 is 2.31 bits per heavy atom. The van der Waals surface area contributed by atoms with Gasteiger partial charge < -0.3 is 9.64 Å². The molecular formula is C10H15N3O3. The second kappa shape index (κ2) is 5.89. The van der Waals surface area contributed by atoms with Crippen LogP contribution in [0, 0.1) is 0 Å². The molecule has 0 aromatic carbocycles. The molecule has 1 heterocycles. The van der Waals surface area contributed by atoms with E-state index in [1.54, 1.807) is 4.90 Å². The highest BCUT2D eigenvalue weighted by Crippen LogP contribution is 2.03. The van der Waals surface area contributed by atoms with Gasteiger partial charge in [-0.2, -0.15) is 5.10 Å². The molecule has 0 unspecified atom stereocenters. The number of aromatic nitrogens is 2. The highest BCUT2D eigenvalue weighted by atomic mass is 16.5. The highest BCUT2D eigenvalue weighted by Gasteiger charge is 2.15. The van der Waals surface area contributed by atoms with Crippen molar-refractivity contribution in [1.82, 2.24) is 15.1 Å². The lowest BCUT2D eigenvalue weighted by atomic mass is 10.3. The van der Waals surface area contributed by atoms with Crippen molar-refractivity contribution in [3.05, 3.63) is 18.0 Å². The van der Waals surface area contributed by atoms with Crippen LogP contribution in [-0.4, -0.2) is 47.2 Å². The molecule has 1 aromatic heterocycles. The lowest BCUT2D eigenvalue weighted by Gasteiger charge is -2.19. The molecule has 0 aliphatic heterocycles. The summed E-state index contributed by atoms with van der Waals surface area (Å²) in [6.07, 6.45) is 3.19. The summed E-state index contributed by atoms with van der Waals surface area (Å²) in [5.74, 6) is -0.460. The number of esters is 1. The van der Waals surface area contributed by atoms with Crippen LogP contribution >= 0.6 is 0 Å². The van der Waals surface area contributed by atoms with Crippen LogP contribution in [0.25, 0.3) is 0 Å². The molecule has 0 radical (unpaired) electrons. The zero-order valence-corrected chi connectivity index (χ0v) is 9.40. The quantitative estimate of drug-likeness (QED) is 0.737. The molecule has 6 nitrogen and oxygen atoms in total. The van der Waals surface area contributed by atoms with Crippen LogP contribution < -0.4 is 0 Å². The topological polar surface area (TPSA) is 75.3 Å². The number of amides is 1. The highest BCUT2D eigenvalue weighted by molar-refractivity contribution is 5.93. The smallest absolute Gasteiger partial charge is 0.307 e. The molecule has 1 aromatic rings. The molecule has 0 saturated carbocycles. The molecule has 0 aliphatic rings. The van der Waals surface area contributed by atoms with Gasteiger partial charge in [-0.25, -0.2) is 0 Å². The van der Waals surface area contributed by atoms with Gasteiger partial charge >= 0.3 is 5.97 Å². The minimum absolute atomic E-state index is 0.139. The van der Waals surface area contributed by atoms with E-state index in [0.29, 0.717) is 18.7 Å². The average molecular weight is 225 g/mol. The third kappa shape index (κ3) is 3.08. The van der Waals surface area contributed by atoms with Gasteiger partial charge in [0.15, 0.2) is 0 Å². The van der Waals surface area contributed by atoms with Crippen LogP contribution in [0.15, 0.2) is 12.4 Å². The number of hydrogen-bond acceptors (Lipinski definition) is 4. The van der Waals surface area contributed by atoms with Crippen LogP contribution in [0.4, 0.5) is 0 Å². The molecule has 1 N–H and O–H groups in total. The number of rotatable bonds is 5. The summed E-state index contributed by atoms with van der Waals surface area (Å²) in [5.41, 5.74) is 0.492. The van der Waals surface area contributed by atoms with Crippen molar-refractivity contribution in [3.8, 4) is 0 Å². The summed E-state index contributed by atoms with van der Waals surface area (Å²) < 4.78 is 4.52. The number of hydrogen-bond donors (Lipinski definition) is 1. The van der Waals surface area contributed by atoms with Crippen molar-refractivity contribution in [3.63, 3.8) is 0 Å². The second-order valence-corrected chi connectivity index (χ2v) is 3.20.